The Labute approximate surface area is 326 Å². The highest BCUT2D eigenvalue weighted by molar-refractivity contribution is 6.19. The number of nitrogens with one attached hydrogen (secondary N) is 1. The van der Waals surface area contributed by atoms with Crippen LogP contribution in [0.3, 0.4) is 0 Å². The Balaban J connectivity index is 1.27. The van der Waals surface area contributed by atoms with Gasteiger partial charge in [-0.3, -0.25) is 14.4 Å². The molecule has 296 valence electrons. The highest BCUT2D eigenvalue weighted by Gasteiger charge is 2.81. The van der Waals surface area contributed by atoms with Crippen LogP contribution < -0.4 is 14.8 Å². The topological polar surface area (TPSA) is 114 Å². The van der Waals surface area contributed by atoms with E-state index >= 15 is 4.79 Å². The van der Waals surface area contributed by atoms with Gasteiger partial charge in [-0.05, 0) is 132 Å². The molecule has 55 heavy (non-hydrogen) atoms. The molecule has 4 bridgehead atoms. The molecular formula is C46H60N2O7. The number of benzene rings is 1. The number of hydrogen-bond acceptors (Lipinski definition) is 8. The second kappa shape index (κ2) is 14.5. The number of piperidine rings is 1. The second-order valence-corrected chi connectivity index (χ2v) is 18.0. The van der Waals surface area contributed by atoms with E-state index in [1.54, 1.807) is 19.1 Å². The Hall–Kier alpha value is -3.95. The van der Waals surface area contributed by atoms with E-state index in [-0.39, 0.29) is 46.9 Å². The van der Waals surface area contributed by atoms with Gasteiger partial charge in [0.2, 0.25) is 5.91 Å². The highest BCUT2D eigenvalue weighted by atomic mass is 16.6. The molecule has 2 saturated heterocycles. The van der Waals surface area contributed by atoms with Crippen molar-refractivity contribution in [3.63, 3.8) is 0 Å². The molecule has 4 aliphatic heterocycles. The molecule has 1 aromatic carbocycles. The fraction of sp³-hybridized carbons (Fsp3) is 0.587. The number of nitrogens with zero attached hydrogens (tertiary/aromatic N) is 1. The molecular weight excluding hydrogens is 693 g/mol. The first-order valence-corrected chi connectivity index (χ1v) is 20.5. The van der Waals surface area contributed by atoms with E-state index in [2.05, 4.69) is 36.2 Å². The van der Waals surface area contributed by atoms with Crippen LogP contribution in [0.25, 0.3) is 6.08 Å². The van der Waals surface area contributed by atoms with E-state index in [0.717, 1.165) is 38.0 Å². The number of ketones is 2. The van der Waals surface area contributed by atoms with Crippen LogP contribution in [-0.2, 0) is 20.7 Å². The minimum absolute atomic E-state index is 0.0666. The number of fused-ring (bicyclic) bond motifs is 2. The van der Waals surface area contributed by atoms with Crippen LogP contribution in [0.5, 0.6) is 17.2 Å². The summed E-state index contributed by atoms with van der Waals surface area (Å²) < 4.78 is 21.1. The molecule has 5 atom stereocenters. The monoisotopic (exact) mass is 752 g/mol. The van der Waals surface area contributed by atoms with Gasteiger partial charge >= 0.3 is 0 Å². The van der Waals surface area contributed by atoms with Gasteiger partial charge in [0, 0.05) is 41.5 Å². The van der Waals surface area contributed by atoms with E-state index in [4.69, 9.17) is 14.2 Å². The predicted octanol–water partition coefficient (Wildman–Crippen LogP) is 8.15. The first kappa shape index (κ1) is 39.3. The van der Waals surface area contributed by atoms with E-state index in [1.807, 2.05) is 46.8 Å². The number of likely N-dealkylation sites (tertiary alicyclic amines) is 1. The molecule has 9 heteroatoms. The summed E-state index contributed by atoms with van der Waals surface area (Å²) in [5, 5.41) is 15.0. The van der Waals surface area contributed by atoms with Gasteiger partial charge in [-0.15, -0.1) is 0 Å². The number of Topliss-reactive ketones (excluding diaryl/α,β-unsaturated/α-hetero) is 2. The van der Waals surface area contributed by atoms with E-state index in [9.17, 15) is 14.7 Å². The van der Waals surface area contributed by atoms with Gasteiger partial charge in [-0.1, -0.05) is 41.9 Å². The van der Waals surface area contributed by atoms with Crippen LogP contribution in [0.1, 0.15) is 128 Å². The van der Waals surface area contributed by atoms with Crippen molar-refractivity contribution >= 4 is 23.5 Å². The standard InChI is InChI=1S/C46H60N2O7/c1-28(2)14-12-19-44(8)20-18-32-37(49)36-38(50)34-26-31-27-35-43(6,7)55-45(41(31)51,46(34,35)54-40(36)33(39(32)53-44)16-15-29(3)4)21-17-30(5)42(52)47-22-13-25-48-23-10-9-11-24-48/h14-15,17-18,20,26,31,35,49H,9-13,16,19,21-25,27H2,1-8H3,(H,47,52)/b30-17-. The van der Waals surface area contributed by atoms with Gasteiger partial charge in [0.1, 0.15) is 28.4 Å². The third kappa shape index (κ3) is 6.63. The summed E-state index contributed by atoms with van der Waals surface area (Å²) in [6, 6.07) is 0. The average Bonchev–Trinajstić information content (AvgIpc) is 3.29. The van der Waals surface area contributed by atoms with Crippen LogP contribution in [0, 0.1) is 11.8 Å². The maximum Gasteiger partial charge on any atom is 0.246 e. The van der Waals surface area contributed by atoms with Gasteiger partial charge in [-0.2, -0.15) is 0 Å². The molecule has 0 radical (unpaired) electrons. The zero-order chi connectivity index (χ0) is 39.5. The molecule has 3 aliphatic carbocycles. The second-order valence-electron chi connectivity index (χ2n) is 18.0. The summed E-state index contributed by atoms with van der Waals surface area (Å²) in [6.07, 6.45) is 18.7. The largest absolute Gasteiger partial charge is 0.506 e. The molecule has 2 N–H and O–H groups in total. The predicted molar refractivity (Wildman–Crippen MR) is 215 cm³/mol. The molecule has 9 nitrogen and oxygen atoms in total. The van der Waals surface area contributed by atoms with Crippen LogP contribution in [-0.4, -0.2) is 76.1 Å². The van der Waals surface area contributed by atoms with Gasteiger partial charge in [0.25, 0.3) is 0 Å². The number of allylic oxidation sites excluding steroid dienone is 5. The van der Waals surface area contributed by atoms with Crippen LogP contribution in [0.2, 0.25) is 0 Å². The lowest BCUT2D eigenvalue weighted by molar-refractivity contribution is -0.171. The summed E-state index contributed by atoms with van der Waals surface area (Å²) in [5.41, 5.74) is -0.166. The third-order valence-corrected chi connectivity index (χ3v) is 12.9. The molecule has 4 heterocycles. The number of carbonyl (C=O) groups excluding carboxylic acids is 3. The van der Waals surface area contributed by atoms with Crippen molar-refractivity contribution in [1.82, 2.24) is 10.2 Å². The summed E-state index contributed by atoms with van der Waals surface area (Å²) >= 11 is 0. The fourth-order valence-electron chi connectivity index (χ4n) is 10.0. The lowest BCUT2D eigenvalue weighted by Crippen LogP contribution is -2.72. The van der Waals surface area contributed by atoms with Crippen molar-refractivity contribution in [3.8, 4) is 17.2 Å². The Morgan fingerprint density at radius 1 is 0.982 bits per heavy atom. The van der Waals surface area contributed by atoms with Gasteiger partial charge in [-0.25, -0.2) is 0 Å². The Morgan fingerprint density at radius 2 is 1.71 bits per heavy atom. The van der Waals surface area contributed by atoms with Crippen molar-refractivity contribution in [2.45, 2.75) is 136 Å². The zero-order valence-electron chi connectivity index (χ0n) is 34.2. The van der Waals surface area contributed by atoms with Crippen molar-refractivity contribution in [2.24, 2.45) is 11.8 Å². The first-order chi connectivity index (χ1) is 26.0. The molecule has 0 aromatic heterocycles. The maximum absolute atomic E-state index is 15.0. The zero-order valence-corrected chi connectivity index (χ0v) is 34.2. The number of hydrogen-bond donors (Lipinski definition) is 2. The molecule has 7 aliphatic rings. The van der Waals surface area contributed by atoms with Crippen molar-refractivity contribution in [2.75, 3.05) is 26.2 Å². The molecule has 1 spiro atoms. The number of ether oxygens (including phenoxy) is 3. The van der Waals surface area contributed by atoms with E-state index < -0.39 is 28.3 Å². The van der Waals surface area contributed by atoms with Crippen LogP contribution in [0.15, 0.2) is 52.7 Å². The Kier molecular flexibility index (Phi) is 10.4. The third-order valence-electron chi connectivity index (χ3n) is 12.9. The molecule has 1 aromatic rings. The minimum atomic E-state index is -1.56. The normalized spacial score (nSPS) is 30.0. The summed E-state index contributed by atoms with van der Waals surface area (Å²) in [6.45, 7) is 19.7. The lowest BCUT2D eigenvalue weighted by Gasteiger charge is -2.56. The molecule has 8 rings (SSSR count). The molecule has 5 unspecified atom stereocenters. The SMILES string of the molecule is CC(C)=CCCC1(C)C=Cc2c(O)c3c(c(CC=C(C)C)c2O1)OC12C(=CC4CC1C(C)(C)OC2(C/C=C(/C)C(=O)NCCCN1CCCCC1)C4=O)C3=O. The minimum Gasteiger partial charge on any atom is -0.506 e. The van der Waals surface area contributed by atoms with Crippen molar-refractivity contribution in [1.29, 1.82) is 0 Å². The molecule has 1 amide bonds. The highest BCUT2D eigenvalue weighted by Crippen LogP contribution is 2.68. The van der Waals surface area contributed by atoms with Gasteiger partial charge in [0.15, 0.2) is 22.8 Å². The number of carbonyl (C=O) groups is 3. The summed E-state index contributed by atoms with van der Waals surface area (Å²) in [5.74, 6) is -1.03. The average molecular weight is 753 g/mol. The van der Waals surface area contributed by atoms with E-state index in [1.165, 1.54) is 24.8 Å². The van der Waals surface area contributed by atoms with E-state index in [0.29, 0.717) is 53.8 Å². The first-order valence-electron chi connectivity index (χ1n) is 20.5. The molecule has 1 saturated carbocycles. The number of phenolic OH excluding ortho intramolecular Hbond substituents is 1. The van der Waals surface area contributed by atoms with Crippen molar-refractivity contribution in [3.05, 3.63) is 69.4 Å². The van der Waals surface area contributed by atoms with Gasteiger partial charge in [0.05, 0.1) is 11.2 Å². The van der Waals surface area contributed by atoms with Gasteiger partial charge < -0.3 is 29.5 Å². The fourth-order valence-corrected chi connectivity index (χ4v) is 10.0. The van der Waals surface area contributed by atoms with Crippen LogP contribution >= 0.6 is 0 Å². The number of amides is 1. The number of aromatic hydroxyl groups is 1. The van der Waals surface area contributed by atoms with Crippen LogP contribution in [0.4, 0.5) is 0 Å². The Bertz CT molecular complexity index is 1940. The Morgan fingerprint density at radius 3 is 2.42 bits per heavy atom. The quantitative estimate of drug-likeness (QED) is 0.125. The lowest BCUT2D eigenvalue weighted by atomic mass is 9.51. The molecule has 3 fully saturated rings. The van der Waals surface area contributed by atoms with Crippen molar-refractivity contribution < 1.29 is 33.7 Å². The summed E-state index contributed by atoms with van der Waals surface area (Å²) in [7, 11) is 0. The smallest absolute Gasteiger partial charge is 0.246 e. The maximum atomic E-state index is 15.0. The summed E-state index contributed by atoms with van der Waals surface area (Å²) in [4.78, 5) is 45.5. The number of phenols is 1. The number of rotatable bonds is 12.